The van der Waals surface area contributed by atoms with Crippen molar-refractivity contribution in [3.05, 3.63) is 0 Å². The molecule has 4 heteroatoms. The molecule has 0 spiro atoms. The number of hydrogen-bond donors (Lipinski definition) is 0. The zero-order chi connectivity index (χ0) is 0. The molecule has 0 saturated heterocycles. The largest absolute Gasteiger partial charge is 0 e. The molecule has 0 aliphatic heterocycles. The third-order valence-electron chi connectivity index (χ3n) is 0. The molecule has 0 unspecified atom stereocenters. The van der Waals surface area contributed by atoms with Crippen LogP contribution in [0.25, 0.3) is 0 Å². The second-order valence-electron chi connectivity index (χ2n) is 0. The van der Waals surface area contributed by atoms with Gasteiger partial charge in [-0.3, -0.25) is 0 Å². The average Bonchev–Trinajstić information content (AvgIpc) is 0. The molecule has 0 aromatic carbocycles. The fourth-order valence-corrected chi connectivity index (χ4v) is 0. The van der Waals surface area contributed by atoms with E-state index in [9.17, 15) is 0 Å². The Kier molecular flexibility index (Phi) is 91.8. The zero-order valence-electron chi connectivity index (χ0n) is 1.88. The van der Waals surface area contributed by atoms with E-state index in [0.29, 0.717) is 0 Å². The summed E-state index contributed by atoms with van der Waals surface area (Å²) in [5.74, 6) is 0. The Balaban J connectivity index is 0. The van der Waals surface area contributed by atoms with Gasteiger partial charge in [-0.2, -0.15) is 0 Å². The first-order valence-corrected chi connectivity index (χ1v) is 0. The van der Waals surface area contributed by atoms with Gasteiger partial charge in [0.15, 0.2) is 0 Å². The summed E-state index contributed by atoms with van der Waals surface area (Å²) >= 11 is 0. The fourth-order valence-electron chi connectivity index (χ4n) is 0. The minimum absolute atomic E-state index is 0. The van der Waals surface area contributed by atoms with E-state index in [0.717, 1.165) is 0 Å². The first-order valence-electron chi connectivity index (χ1n) is 0. The summed E-state index contributed by atoms with van der Waals surface area (Å²) in [4.78, 5) is 0. The van der Waals surface area contributed by atoms with E-state index in [2.05, 4.69) is 0 Å². The van der Waals surface area contributed by atoms with Crippen molar-refractivity contribution in [3.63, 3.8) is 0 Å². The van der Waals surface area contributed by atoms with E-state index < -0.39 is 0 Å². The van der Waals surface area contributed by atoms with E-state index in [1.165, 1.54) is 0 Å². The third kappa shape index (κ3) is 9.79. The van der Waals surface area contributed by atoms with Gasteiger partial charge in [0, 0.05) is 141 Å². The summed E-state index contributed by atoms with van der Waals surface area (Å²) in [7, 11) is 0. The van der Waals surface area contributed by atoms with Gasteiger partial charge in [0.25, 0.3) is 0 Å². The maximum atomic E-state index is 0. The molecule has 0 saturated carbocycles. The average molecular weight is 489 g/mol. The first kappa shape index (κ1) is 23.5. The second kappa shape index (κ2) is 15.6. The molecule has 2 radical (unpaired) electrons. The minimum atomic E-state index is 0. The summed E-state index contributed by atoms with van der Waals surface area (Å²) < 4.78 is 0. The Morgan fingerprint density at radius 3 is 1.00 bits per heavy atom. The maximum Gasteiger partial charge on any atom is 0 e. The molecule has 0 N–H and O–H groups in total. The van der Waals surface area contributed by atoms with Crippen molar-refractivity contribution >= 4 is 0 Å². The number of rotatable bonds is 0. The topological polar surface area (TPSA) is 0 Å². The maximum absolute atomic E-state index is 0. The molecule has 0 rings (SSSR count). The Bertz CT molecular complexity index is 8.00. The molecule has 0 aliphatic carbocycles. The Morgan fingerprint density at radius 2 is 1.00 bits per heavy atom. The summed E-state index contributed by atoms with van der Waals surface area (Å²) in [5.41, 5.74) is 0. The van der Waals surface area contributed by atoms with Crippen LogP contribution in [0.2, 0.25) is 0 Å². The van der Waals surface area contributed by atoms with E-state index in [-0.39, 0.29) is 141 Å². The van der Waals surface area contributed by atoms with Crippen molar-refractivity contribution in [3.8, 4) is 0 Å². The predicted molar refractivity (Wildman–Crippen MR) is 0 cm³/mol. The van der Waals surface area contributed by atoms with Crippen LogP contribution < -0.4 is 0 Å². The summed E-state index contributed by atoms with van der Waals surface area (Å²) in [6.07, 6.45) is 0. The molecule has 0 fully saturated rings. The second-order valence-corrected chi connectivity index (χ2v) is 0. The van der Waals surface area contributed by atoms with E-state index in [1.807, 2.05) is 0 Å². The molecule has 0 amide bonds. The van der Waals surface area contributed by atoms with Crippen molar-refractivity contribution in [1.82, 2.24) is 0 Å². The van der Waals surface area contributed by atoms with Gasteiger partial charge in [-0.05, 0) is 0 Å². The van der Waals surface area contributed by atoms with Gasteiger partial charge in [0.05, 0.1) is 0 Å². The summed E-state index contributed by atoms with van der Waals surface area (Å²) in [6, 6.07) is 0. The standard InChI is InChI=1S/Ce.Cu.Nd.Pr. The van der Waals surface area contributed by atoms with Gasteiger partial charge in [-0.1, -0.05) is 0 Å². The summed E-state index contributed by atoms with van der Waals surface area (Å²) in [5, 5.41) is 0. The molecule has 0 aromatic rings. The van der Waals surface area contributed by atoms with Crippen molar-refractivity contribution in [2.45, 2.75) is 0 Å². The molecule has 0 heterocycles. The molecule has 22 valence electrons. The van der Waals surface area contributed by atoms with Gasteiger partial charge < -0.3 is 0 Å². The molecule has 0 aliphatic rings. The molecule has 0 aromatic heterocycles. The van der Waals surface area contributed by atoms with Gasteiger partial charge in [-0.25, -0.2) is 0 Å². The Labute approximate surface area is 136 Å². The van der Waals surface area contributed by atoms with Crippen molar-refractivity contribution in [2.75, 3.05) is 0 Å². The monoisotopic (exact) mass is 486 g/mol. The quantitative estimate of drug-likeness (QED) is 0.421. The first-order chi connectivity index (χ1) is 0. The fraction of sp³-hybridized carbons (Fsp3) is 0. The molecule has 0 bridgehead atoms. The molecular formula is CeCuNdPr. The van der Waals surface area contributed by atoms with Crippen LogP contribution in [0.15, 0.2) is 0 Å². The normalized spacial score (nSPS) is 0. The van der Waals surface area contributed by atoms with Crippen LogP contribution in [0.1, 0.15) is 0 Å². The predicted octanol–water partition coefficient (Wildman–Crippen LogP) is -0.00250. The van der Waals surface area contributed by atoms with Gasteiger partial charge in [-0.15, -0.1) is 0 Å². The van der Waals surface area contributed by atoms with Crippen LogP contribution in [-0.4, -0.2) is 0 Å². The SMILES string of the molecule is [Ce].[Cu].[Nd].[Pr]. The smallest absolute Gasteiger partial charge is 0 e. The van der Waals surface area contributed by atoms with Crippen molar-refractivity contribution in [1.29, 1.82) is 0 Å². The Hall–Kier alpha value is 4.61. The zero-order valence-corrected chi connectivity index (χ0v) is 12.9. The van der Waals surface area contributed by atoms with Crippen LogP contribution >= 0.6 is 0 Å². The van der Waals surface area contributed by atoms with Crippen LogP contribution in [0.5, 0.6) is 0 Å². The van der Waals surface area contributed by atoms with Crippen molar-refractivity contribution < 1.29 is 141 Å². The summed E-state index contributed by atoms with van der Waals surface area (Å²) in [6.45, 7) is 0. The van der Waals surface area contributed by atoms with Crippen LogP contribution in [-0.2, 0) is 17.1 Å². The minimum Gasteiger partial charge on any atom is 0 e. The van der Waals surface area contributed by atoms with Crippen LogP contribution in [0.3, 0.4) is 0 Å². The number of hydrogen-bond acceptors (Lipinski definition) is 0. The van der Waals surface area contributed by atoms with E-state index in [1.54, 1.807) is 0 Å². The van der Waals surface area contributed by atoms with Gasteiger partial charge >= 0.3 is 0 Å². The van der Waals surface area contributed by atoms with E-state index in [4.69, 9.17) is 0 Å². The molecule has 0 atom stereocenters. The Morgan fingerprint density at radius 1 is 1.00 bits per heavy atom. The van der Waals surface area contributed by atoms with Gasteiger partial charge in [0.1, 0.15) is 0 Å². The van der Waals surface area contributed by atoms with Crippen LogP contribution in [0.4, 0.5) is 0 Å². The molecule has 4 heavy (non-hydrogen) atoms. The third-order valence-corrected chi connectivity index (χ3v) is 0. The van der Waals surface area contributed by atoms with E-state index >= 15 is 0 Å². The van der Waals surface area contributed by atoms with Crippen molar-refractivity contribution in [2.24, 2.45) is 0 Å². The molecule has 0 nitrogen and oxygen atoms in total. The molecular weight excluding hydrogens is 489 g/mol. The van der Waals surface area contributed by atoms with Crippen LogP contribution in [0, 0.1) is 124 Å². The van der Waals surface area contributed by atoms with Gasteiger partial charge in [0.2, 0.25) is 0 Å².